The van der Waals surface area contributed by atoms with Crippen LogP contribution in [0.4, 0.5) is 8.78 Å². The average Bonchev–Trinajstić information content (AvgIpc) is 2.82. The van der Waals surface area contributed by atoms with Crippen LogP contribution in [0, 0.1) is 28.9 Å². The zero-order valence-electron chi connectivity index (χ0n) is 10.6. The van der Waals surface area contributed by atoms with Crippen LogP contribution in [0.2, 0.25) is 0 Å². The van der Waals surface area contributed by atoms with Crippen LogP contribution in [-0.4, -0.2) is 9.97 Å². The maximum Gasteiger partial charge on any atom is 0.159 e. The fourth-order valence-corrected chi connectivity index (χ4v) is 1.83. The molecule has 1 heterocycles. The average molecular weight is 261 g/mol. The zero-order valence-corrected chi connectivity index (χ0v) is 10.6. The van der Waals surface area contributed by atoms with Crippen molar-refractivity contribution < 1.29 is 8.78 Å². The lowest BCUT2D eigenvalue weighted by atomic mass is 9.97. The Labute approximate surface area is 109 Å². The number of aromatic nitrogens is 2. The van der Waals surface area contributed by atoms with Gasteiger partial charge in [-0.15, -0.1) is 0 Å². The molecule has 0 radical (unpaired) electrons. The van der Waals surface area contributed by atoms with Gasteiger partial charge < -0.3 is 4.98 Å². The summed E-state index contributed by atoms with van der Waals surface area (Å²) in [4.78, 5) is 7.13. The van der Waals surface area contributed by atoms with Crippen molar-refractivity contribution in [2.24, 2.45) is 5.92 Å². The number of halogens is 2. The summed E-state index contributed by atoms with van der Waals surface area (Å²) in [5, 5.41) is 9.09. The summed E-state index contributed by atoms with van der Waals surface area (Å²) in [5.41, 5.74) is 1.06. The molecule has 0 aliphatic carbocycles. The van der Waals surface area contributed by atoms with Crippen molar-refractivity contribution in [1.82, 2.24) is 9.97 Å². The van der Waals surface area contributed by atoms with Crippen LogP contribution in [0.1, 0.15) is 25.6 Å². The molecule has 0 saturated carbocycles. The highest BCUT2D eigenvalue weighted by Crippen LogP contribution is 2.25. The van der Waals surface area contributed by atoms with E-state index in [1.165, 1.54) is 12.3 Å². The largest absolute Gasteiger partial charge is 0.341 e. The molecule has 1 atom stereocenters. The molecule has 19 heavy (non-hydrogen) atoms. The molecule has 1 aromatic heterocycles. The number of nitriles is 1. The van der Waals surface area contributed by atoms with Crippen LogP contribution in [0.3, 0.4) is 0 Å². The number of aromatic amines is 1. The smallest absolute Gasteiger partial charge is 0.159 e. The molecule has 0 saturated heterocycles. The van der Waals surface area contributed by atoms with Crippen molar-refractivity contribution in [1.29, 1.82) is 5.26 Å². The van der Waals surface area contributed by atoms with Gasteiger partial charge in [0, 0.05) is 5.56 Å². The number of rotatable bonds is 3. The van der Waals surface area contributed by atoms with Crippen molar-refractivity contribution in [2.45, 2.75) is 19.8 Å². The predicted octanol–water partition coefficient (Wildman–Crippen LogP) is 3.62. The van der Waals surface area contributed by atoms with E-state index in [2.05, 4.69) is 16.0 Å². The minimum Gasteiger partial charge on any atom is -0.341 e. The normalized spacial score (nSPS) is 12.4. The van der Waals surface area contributed by atoms with Crippen LogP contribution in [0.25, 0.3) is 11.3 Å². The van der Waals surface area contributed by atoms with Gasteiger partial charge in [0.1, 0.15) is 11.7 Å². The molecule has 0 amide bonds. The van der Waals surface area contributed by atoms with Crippen molar-refractivity contribution >= 4 is 0 Å². The second kappa shape index (κ2) is 5.19. The Bertz CT molecular complexity index is 626. The molecule has 0 fully saturated rings. The fraction of sp³-hybridized carbons (Fsp3) is 0.286. The summed E-state index contributed by atoms with van der Waals surface area (Å²) < 4.78 is 26.0. The maximum absolute atomic E-state index is 13.2. The van der Waals surface area contributed by atoms with Crippen LogP contribution in [-0.2, 0) is 0 Å². The summed E-state index contributed by atoms with van der Waals surface area (Å²) in [6.07, 6.45) is 1.52. The Morgan fingerprint density at radius 2 is 2.00 bits per heavy atom. The van der Waals surface area contributed by atoms with Gasteiger partial charge in [0.15, 0.2) is 11.6 Å². The van der Waals surface area contributed by atoms with E-state index in [0.717, 1.165) is 12.1 Å². The second-order valence-electron chi connectivity index (χ2n) is 4.66. The predicted molar refractivity (Wildman–Crippen MR) is 67.1 cm³/mol. The number of nitrogens with one attached hydrogen (secondary N) is 1. The molecule has 1 unspecified atom stereocenters. The topological polar surface area (TPSA) is 52.5 Å². The van der Waals surface area contributed by atoms with E-state index in [-0.39, 0.29) is 11.8 Å². The van der Waals surface area contributed by atoms with E-state index in [0.29, 0.717) is 17.1 Å². The number of benzene rings is 1. The number of hydrogen-bond donors (Lipinski definition) is 1. The molecule has 0 bridgehead atoms. The first-order valence-corrected chi connectivity index (χ1v) is 5.93. The minimum absolute atomic E-state index is 0.119. The molecule has 0 aliphatic rings. The van der Waals surface area contributed by atoms with Gasteiger partial charge in [-0.2, -0.15) is 5.26 Å². The first-order chi connectivity index (χ1) is 9.02. The Morgan fingerprint density at radius 1 is 1.26 bits per heavy atom. The van der Waals surface area contributed by atoms with E-state index in [1.54, 1.807) is 0 Å². The lowest BCUT2D eigenvalue weighted by molar-refractivity contribution is 0.509. The van der Waals surface area contributed by atoms with Crippen molar-refractivity contribution in [2.75, 3.05) is 0 Å². The van der Waals surface area contributed by atoms with Crippen LogP contribution < -0.4 is 0 Å². The Kier molecular flexibility index (Phi) is 3.61. The molecule has 2 aromatic rings. The number of imidazole rings is 1. The third-order valence-electron chi connectivity index (χ3n) is 2.93. The highest BCUT2D eigenvalue weighted by Gasteiger charge is 2.18. The van der Waals surface area contributed by atoms with Crippen molar-refractivity contribution in [3.05, 3.63) is 41.9 Å². The third kappa shape index (κ3) is 2.63. The number of H-pyrrole nitrogens is 1. The van der Waals surface area contributed by atoms with E-state index in [4.69, 9.17) is 5.26 Å². The van der Waals surface area contributed by atoms with E-state index in [1.807, 2.05) is 13.8 Å². The SMILES string of the molecule is CC(C)C(C#N)c1ncc(-c2ccc(F)c(F)c2)[nH]1. The summed E-state index contributed by atoms with van der Waals surface area (Å²) in [6.45, 7) is 3.85. The molecule has 98 valence electrons. The lowest BCUT2D eigenvalue weighted by Crippen LogP contribution is -2.05. The molecule has 1 aromatic carbocycles. The minimum atomic E-state index is -0.908. The standard InChI is InChI=1S/C14H13F2N3/c1-8(2)10(6-17)14-18-7-13(19-14)9-3-4-11(15)12(16)5-9/h3-5,7-8,10H,1-2H3,(H,18,19). The molecule has 0 aliphatic heterocycles. The molecular formula is C14H13F2N3. The van der Waals surface area contributed by atoms with E-state index in [9.17, 15) is 8.78 Å². The van der Waals surface area contributed by atoms with Crippen LogP contribution >= 0.6 is 0 Å². The summed E-state index contributed by atoms with van der Waals surface area (Å²) in [7, 11) is 0. The van der Waals surface area contributed by atoms with Crippen molar-refractivity contribution in [3.63, 3.8) is 0 Å². The van der Waals surface area contributed by atoms with Gasteiger partial charge in [0.25, 0.3) is 0 Å². The van der Waals surface area contributed by atoms with Gasteiger partial charge in [-0.1, -0.05) is 13.8 Å². The Balaban J connectivity index is 2.35. The monoisotopic (exact) mass is 261 g/mol. The van der Waals surface area contributed by atoms with Gasteiger partial charge >= 0.3 is 0 Å². The number of hydrogen-bond acceptors (Lipinski definition) is 2. The van der Waals surface area contributed by atoms with Gasteiger partial charge in [-0.05, 0) is 24.1 Å². The van der Waals surface area contributed by atoms with E-state index < -0.39 is 11.6 Å². The molecule has 2 rings (SSSR count). The quantitative estimate of drug-likeness (QED) is 0.917. The maximum atomic E-state index is 13.2. The van der Waals surface area contributed by atoms with Gasteiger partial charge in [0.05, 0.1) is 18.0 Å². The second-order valence-corrected chi connectivity index (χ2v) is 4.66. The highest BCUT2D eigenvalue weighted by atomic mass is 19.2. The molecule has 5 heteroatoms. The Hall–Kier alpha value is -2.22. The first-order valence-electron chi connectivity index (χ1n) is 5.93. The van der Waals surface area contributed by atoms with Crippen LogP contribution in [0.15, 0.2) is 24.4 Å². The number of nitrogens with zero attached hydrogens (tertiary/aromatic N) is 2. The van der Waals surface area contributed by atoms with E-state index >= 15 is 0 Å². The zero-order chi connectivity index (χ0) is 14.0. The fourth-order valence-electron chi connectivity index (χ4n) is 1.83. The molecule has 1 N–H and O–H groups in total. The molecule has 3 nitrogen and oxygen atoms in total. The van der Waals surface area contributed by atoms with Crippen LogP contribution in [0.5, 0.6) is 0 Å². The third-order valence-corrected chi connectivity index (χ3v) is 2.93. The lowest BCUT2D eigenvalue weighted by Gasteiger charge is -2.09. The van der Waals surface area contributed by atoms with Gasteiger partial charge in [-0.3, -0.25) is 0 Å². The van der Waals surface area contributed by atoms with Crippen molar-refractivity contribution in [3.8, 4) is 17.3 Å². The summed E-state index contributed by atoms with van der Waals surface area (Å²) in [5.74, 6) is -1.49. The Morgan fingerprint density at radius 3 is 2.58 bits per heavy atom. The van der Waals surface area contributed by atoms with Gasteiger partial charge in [-0.25, -0.2) is 13.8 Å². The summed E-state index contributed by atoms with van der Waals surface area (Å²) in [6, 6.07) is 5.81. The first kappa shape index (κ1) is 13.2. The molecule has 0 spiro atoms. The highest BCUT2D eigenvalue weighted by molar-refractivity contribution is 5.58. The van der Waals surface area contributed by atoms with Gasteiger partial charge in [0.2, 0.25) is 0 Å². The summed E-state index contributed by atoms with van der Waals surface area (Å²) >= 11 is 0. The molecular weight excluding hydrogens is 248 g/mol.